The Labute approximate surface area is 124 Å². The Kier molecular flexibility index (Phi) is 4.20. The van der Waals surface area contributed by atoms with Crippen LogP contribution >= 0.6 is 11.3 Å². The van der Waals surface area contributed by atoms with Crippen LogP contribution in [0.15, 0.2) is 6.33 Å². The lowest BCUT2D eigenvalue weighted by Gasteiger charge is -2.17. The van der Waals surface area contributed by atoms with E-state index in [-0.39, 0.29) is 6.10 Å². The van der Waals surface area contributed by atoms with Crippen molar-refractivity contribution in [3.63, 3.8) is 0 Å². The van der Waals surface area contributed by atoms with Crippen molar-refractivity contribution >= 4 is 21.6 Å². The summed E-state index contributed by atoms with van der Waals surface area (Å²) in [4.78, 5) is 11.5. The molecule has 1 unspecified atom stereocenters. The van der Waals surface area contributed by atoms with Gasteiger partial charge in [-0.1, -0.05) is 20.3 Å². The molecule has 0 fully saturated rings. The Morgan fingerprint density at radius 2 is 2.10 bits per heavy atom. The summed E-state index contributed by atoms with van der Waals surface area (Å²) in [6.45, 7) is 4.38. The second-order valence-electron chi connectivity index (χ2n) is 5.51. The summed E-state index contributed by atoms with van der Waals surface area (Å²) in [5.74, 6) is 0.815. The van der Waals surface area contributed by atoms with Gasteiger partial charge in [-0.25, -0.2) is 9.97 Å². The number of aryl methyl sites for hydroxylation is 2. The predicted molar refractivity (Wildman–Crippen MR) is 83.7 cm³/mol. The van der Waals surface area contributed by atoms with Gasteiger partial charge < -0.3 is 4.74 Å². The molecule has 0 aliphatic heterocycles. The number of fused-ring (bicyclic) bond motifs is 3. The molecule has 3 rings (SSSR count). The van der Waals surface area contributed by atoms with Gasteiger partial charge in [0.15, 0.2) is 0 Å². The molecule has 0 amide bonds. The first-order valence-electron chi connectivity index (χ1n) is 7.75. The van der Waals surface area contributed by atoms with E-state index in [2.05, 4.69) is 23.8 Å². The average Bonchev–Trinajstić information content (AvgIpc) is 2.86. The molecule has 0 saturated carbocycles. The third-order valence-electron chi connectivity index (χ3n) is 4.06. The fourth-order valence-corrected chi connectivity index (χ4v) is 4.20. The van der Waals surface area contributed by atoms with Gasteiger partial charge in [-0.2, -0.15) is 0 Å². The van der Waals surface area contributed by atoms with E-state index >= 15 is 0 Å². The zero-order valence-electron chi connectivity index (χ0n) is 12.3. The minimum absolute atomic E-state index is 0.275. The first kappa shape index (κ1) is 13.8. The highest BCUT2D eigenvalue weighted by Gasteiger charge is 2.21. The number of aromatic nitrogens is 2. The van der Waals surface area contributed by atoms with Crippen molar-refractivity contribution in [2.45, 2.75) is 64.9 Å². The van der Waals surface area contributed by atoms with Gasteiger partial charge in [-0.05, 0) is 44.1 Å². The molecule has 0 bridgehead atoms. The summed E-state index contributed by atoms with van der Waals surface area (Å²) in [5.41, 5.74) is 1.46. The molecule has 0 saturated heterocycles. The maximum atomic E-state index is 6.20. The molecule has 3 nitrogen and oxygen atoms in total. The zero-order valence-corrected chi connectivity index (χ0v) is 13.1. The molecule has 1 aliphatic carbocycles. The quantitative estimate of drug-likeness (QED) is 0.811. The number of thiophene rings is 1. The fourth-order valence-electron chi connectivity index (χ4n) is 2.98. The SMILES string of the molecule is CCCC(CC)Oc1ncnc2sc3c(c12)CCCC3. The van der Waals surface area contributed by atoms with Gasteiger partial charge in [0.05, 0.1) is 5.39 Å². The van der Waals surface area contributed by atoms with Crippen LogP contribution in [0.25, 0.3) is 10.2 Å². The van der Waals surface area contributed by atoms with E-state index in [1.807, 2.05) is 11.3 Å². The van der Waals surface area contributed by atoms with Crippen molar-refractivity contribution < 1.29 is 4.74 Å². The minimum atomic E-state index is 0.275. The van der Waals surface area contributed by atoms with Gasteiger partial charge in [-0.3, -0.25) is 0 Å². The second kappa shape index (κ2) is 6.08. The summed E-state index contributed by atoms with van der Waals surface area (Å²) >= 11 is 1.83. The van der Waals surface area contributed by atoms with E-state index in [9.17, 15) is 0 Å². The van der Waals surface area contributed by atoms with E-state index in [1.54, 1.807) is 6.33 Å². The highest BCUT2D eigenvalue weighted by Crippen LogP contribution is 2.39. The molecule has 0 aromatic carbocycles. The van der Waals surface area contributed by atoms with Crippen molar-refractivity contribution in [2.24, 2.45) is 0 Å². The first-order chi connectivity index (χ1) is 9.83. The number of ether oxygens (including phenoxy) is 1. The Bertz CT molecular complexity index is 593. The molecule has 2 aromatic heterocycles. The molecule has 0 radical (unpaired) electrons. The van der Waals surface area contributed by atoms with Crippen LogP contribution in [-0.2, 0) is 12.8 Å². The van der Waals surface area contributed by atoms with Crippen LogP contribution in [0.1, 0.15) is 56.4 Å². The second-order valence-corrected chi connectivity index (χ2v) is 6.59. The van der Waals surface area contributed by atoms with Crippen LogP contribution in [-0.4, -0.2) is 16.1 Å². The van der Waals surface area contributed by atoms with Crippen LogP contribution < -0.4 is 4.74 Å². The molecule has 2 aromatic rings. The lowest BCUT2D eigenvalue weighted by atomic mass is 9.97. The molecule has 4 heteroatoms. The van der Waals surface area contributed by atoms with Crippen molar-refractivity contribution in [1.82, 2.24) is 9.97 Å². The van der Waals surface area contributed by atoms with E-state index in [4.69, 9.17) is 4.74 Å². The van der Waals surface area contributed by atoms with Gasteiger partial charge in [0, 0.05) is 4.88 Å². The Balaban J connectivity index is 1.99. The molecule has 1 aliphatic rings. The van der Waals surface area contributed by atoms with Crippen LogP contribution in [0.2, 0.25) is 0 Å². The molecule has 1 atom stereocenters. The smallest absolute Gasteiger partial charge is 0.225 e. The molecule has 2 heterocycles. The topological polar surface area (TPSA) is 35.0 Å². The third-order valence-corrected chi connectivity index (χ3v) is 5.26. The van der Waals surface area contributed by atoms with E-state index in [0.29, 0.717) is 0 Å². The van der Waals surface area contributed by atoms with Crippen LogP contribution in [0, 0.1) is 0 Å². The summed E-state index contributed by atoms with van der Waals surface area (Å²) in [5, 5.41) is 1.20. The number of hydrogen-bond donors (Lipinski definition) is 0. The summed E-state index contributed by atoms with van der Waals surface area (Å²) in [7, 11) is 0. The van der Waals surface area contributed by atoms with Crippen molar-refractivity contribution in [3.8, 4) is 5.88 Å². The van der Waals surface area contributed by atoms with Crippen LogP contribution in [0.3, 0.4) is 0 Å². The van der Waals surface area contributed by atoms with Crippen molar-refractivity contribution in [2.75, 3.05) is 0 Å². The number of nitrogens with zero attached hydrogens (tertiary/aromatic N) is 2. The van der Waals surface area contributed by atoms with Crippen LogP contribution in [0.4, 0.5) is 0 Å². The summed E-state index contributed by atoms with van der Waals surface area (Å²) in [6.07, 6.45) is 10.1. The predicted octanol–water partition coefficient (Wildman–Crippen LogP) is 4.53. The molecule has 108 valence electrons. The summed E-state index contributed by atoms with van der Waals surface area (Å²) in [6, 6.07) is 0. The van der Waals surface area contributed by atoms with Crippen molar-refractivity contribution in [3.05, 3.63) is 16.8 Å². The largest absolute Gasteiger partial charge is 0.474 e. The van der Waals surface area contributed by atoms with Crippen molar-refractivity contribution in [1.29, 1.82) is 0 Å². The number of hydrogen-bond acceptors (Lipinski definition) is 4. The maximum absolute atomic E-state index is 6.20. The van der Waals surface area contributed by atoms with Gasteiger partial charge in [0.2, 0.25) is 5.88 Å². The van der Waals surface area contributed by atoms with Gasteiger partial charge in [0.1, 0.15) is 17.3 Å². The van der Waals surface area contributed by atoms with E-state index < -0.39 is 0 Å². The average molecular weight is 290 g/mol. The molecule has 20 heavy (non-hydrogen) atoms. The molecule has 0 spiro atoms. The van der Waals surface area contributed by atoms with Crippen LogP contribution in [0.5, 0.6) is 5.88 Å². The maximum Gasteiger partial charge on any atom is 0.225 e. The monoisotopic (exact) mass is 290 g/mol. The fraction of sp³-hybridized carbons (Fsp3) is 0.625. The van der Waals surface area contributed by atoms with E-state index in [0.717, 1.165) is 36.4 Å². The third kappa shape index (κ3) is 2.53. The lowest BCUT2D eigenvalue weighted by molar-refractivity contribution is 0.180. The molecule has 0 N–H and O–H groups in total. The zero-order chi connectivity index (χ0) is 13.9. The number of rotatable bonds is 5. The minimum Gasteiger partial charge on any atom is -0.474 e. The molecular formula is C16H22N2OS. The lowest BCUT2D eigenvalue weighted by Crippen LogP contribution is -2.16. The van der Waals surface area contributed by atoms with Gasteiger partial charge in [0.25, 0.3) is 0 Å². The standard InChI is InChI=1S/C16H22N2OS/c1-3-7-11(4-2)19-15-14-12-8-5-6-9-13(12)20-16(14)18-10-17-15/h10-11H,3-9H2,1-2H3. The van der Waals surface area contributed by atoms with Gasteiger partial charge in [-0.15, -0.1) is 11.3 Å². The first-order valence-corrected chi connectivity index (χ1v) is 8.57. The highest BCUT2D eigenvalue weighted by atomic mass is 32.1. The highest BCUT2D eigenvalue weighted by molar-refractivity contribution is 7.18. The summed E-state index contributed by atoms with van der Waals surface area (Å²) < 4.78 is 6.20. The molecular weight excluding hydrogens is 268 g/mol. The Morgan fingerprint density at radius 1 is 1.25 bits per heavy atom. The van der Waals surface area contributed by atoms with Gasteiger partial charge >= 0.3 is 0 Å². The normalized spacial score (nSPS) is 16.1. The van der Waals surface area contributed by atoms with E-state index in [1.165, 1.54) is 35.1 Å². The Morgan fingerprint density at radius 3 is 2.90 bits per heavy atom. The Hall–Kier alpha value is -1.16.